The molecule has 96 valence electrons. The molecule has 4 nitrogen and oxygen atoms in total. The molecule has 0 saturated heterocycles. The molecule has 1 aromatic rings. The van der Waals surface area contributed by atoms with Gasteiger partial charge in [0.1, 0.15) is 0 Å². The van der Waals surface area contributed by atoms with Gasteiger partial charge in [0.25, 0.3) is 0 Å². The number of aryl methyl sites for hydroxylation is 1. The van der Waals surface area contributed by atoms with Crippen molar-refractivity contribution in [3.63, 3.8) is 0 Å². The summed E-state index contributed by atoms with van der Waals surface area (Å²) in [4.78, 5) is 0.267. The highest BCUT2D eigenvalue weighted by Crippen LogP contribution is 2.13. The van der Waals surface area contributed by atoms with Crippen LogP contribution in [0.3, 0.4) is 0 Å². The van der Waals surface area contributed by atoms with Gasteiger partial charge in [-0.05, 0) is 25.0 Å². The van der Waals surface area contributed by atoms with E-state index in [-0.39, 0.29) is 11.4 Å². The van der Waals surface area contributed by atoms with Crippen LogP contribution in [0, 0.1) is 6.92 Å². The van der Waals surface area contributed by atoms with Gasteiger partial charge in [0.15, 0.2) is 0 Å². The van der Waals surface area contributed by atoms with Gasteiger partial charge in [-0.2, -0.15) is 0 Å². The molecule has 1 atom stereocenters. The van der Waals surface area contributed by atoms with Crippen LogP contribution in [0.25, 0.3) is 0 Å². The van der Waals surface area contributed by atoms with Crippen molar-refractivity contribution in [3.8, 4) is 0 Å². The molecular formula is C12H19NO3S. The van der Waals surface area contributed by atoms with E-state index >= 15 is 0 Å². The van der Waals surface area contributed by atoms with Crippen LogP contribution in [0.1, 0.15) is 25.3 Å². The zero-order chi connectivity index (χ0) is 12.9. The van der Waals surface area contributed by atoms with E-state index in [0.29, 0.717) is 12.0 Å². The zero-order valence-electron chi connectivity index (χ0n) is 10.2. The lowest BCUT2D eigenvalue weighted by molar-refractivity contribution is 0.167. The minimum atomic E-state index is -3.51. The second-order valence-corrected chi connectivity index (χ2v) is 5.80. The van der Waals surface area contributed by atoms with E-state index in [2.05, 4.69) is 4.72 Å². The summed E-state index contributed by atoms with van der Waals surface area (Å²) in [5.74, 6) is 0. The number of hydrogen-bond donors (Lipinski definition) is 2. The minimum absolute atomic E-state index is 0.0600. The predicted octanol–water partition coefficient (Wildman–Crippen LogP) is 1.43. The molecule has 0 aromatic heterocycles. The fourth-order valence-electron chi connectivity index (χ4n) is 1.58. The number of rotatable bonds is 6. The highest BCUT2D eigenvalue weighted by atomic mass is 32.2. The van der Waals surface area contributed by atoms with E-state index in [9.17, 15) is 13.5 Å². The molecule has 0 bridgehead atoms. The van der Waals surface area contributed by atoms with Crippen LogP contribution in [0.4, 0.5) is 0 Å². The number of aliphatic hydroxyl groups excluding tert-OH is 1. The molecule has 0 aliphatic heterocycles. The van der Waals surface area contributed by atoms with Gasteiger partial charge in [-0.1, -0.05) is 31.5 Å². The van der Waals surface area contributed by atoms with Gasteiger partial charge in [0, 0.05) is 6.54 Å². The molecule has 0 fully saturated rings. The molecule has 1 unspecified atom stereocenters. The molecule has 0 saturated carbocycles. The van der Waals surface area contributed by atoms with Crippen molar-refractivity contribution < 1.29 is 13.5 Å². The first-order valence-electron chi connectivity index (χ1n) is 5.70. The Morgan fingerprint density at radius 3 is 2.59 bits per heavy atom. The predicted molar refractivity (Wildman–Crippen MR) is 67.3 cm³/mol. The van der Waals surface area contributed by atoms with Gasteiger partial charge in [0.05, 0.1) is 11.0 Å². The van der Waals surface area contributed by atoms with Crippen LogP contribution in [-0.4, -0.2) is 26.2 Å². The van der Waals surface area contributed by atoms with Crippen LogP contribution < -0.4 is 4.72 Å². The van der Waals surface area contributed by atoms with E-state index < -0.39 is 16.1 Å². The van der Waals surface area contributed by atoms with Crippen molar-refractivity contribution in [1.82, 2.24) is 4.72 Å². The third kappa shape index (κ3) is 4.11. The molecule has 0 aliphatic rings. The summed E-state index contributed by atoms with van der Waals surface area (Å²) in [5.41, 5.74) is 0.699. The van der Waals surface area contributed by atoms with E-state index in [1.807, 2.05) is 6.92 Å². The number of sulfonamides is 1. The van der Waals surface area contributed by atoms with E-state index in [1.54, 1.807) is 31.2 Å². The van der Waals surface area contributed by atoms with Gasteiger partial charge in [-0.25, -0.2) is 13.1 Å². The van der Waals surface area contributed by atoms with Crippen LogP contribution >= 0.6 is 0 Å². The van der Waals surface area contributed by atoms with Gasteiger partial charge in [0.2, 0.25) is 10.0 Å². The number of benzene rings is 1. The van der Waals surface area contributed by atoms with Crippen LogP contribution in [-0.2, 0) is 10.0 Å². The monoisotopic (exact) mass is 257 g/mol. The Morgan fingerprint density at radius 2 is 2.00 bits per heavy atom. The molecule has 0 amide bonds. The van der Waals surface area contributed by atoms with E-state index in [4.69, 9.17) is 0 Å². The smallest absolute Gasteiger partial charge is 0.240 e. The number of aliphatic hydroxyl groups is 1. The highest BCUT2D eigenvalue weighted by molar-refractivity contribution is 7.89. The van der Waals surface area contributed by atoms with Crippen LogP contribution in [0.2, 0.25) is 0 Å². The van der Waals surface area contributed by atoms with Crippen molar-refractivity contribution in [2.45, 2.75) is 37.7 Å². The first-order chi connectivity index (χ1) is 7.97. The Kier molecular flexibility index (Phi) is 5.11. The molecule has 0 aliphatic carbocycles. The first-order valence-corrected chi connectivity index (χ1v) is 7.19. The lowest BCUT2D eigenvalue weighted by Gasteiger charge is -2.12. The number of nitrogens with one attached hydrogen (secondary N) is 1. The molecule has 0 heterocycles. The zero-order valence-corrected chi connectivity index (χ0v) is 11.0. The maximum Gasteiger partial charge on any atom is 0.240 e. The quantitative estimate of drug-likeness (QED) is 0.810. The SMILES string of the molecule is CCCC(O)CNS(=O)(=O)c1ccccc1C. The standard InChI is InChI=1S/C12H19NO3S/c1-3-6-11(14)9-13-17(15,16)12-8-5-4-7-10(12)2/h4-5,7-8,11,13-14H,3,6,9H2,1-2H3. The topological polar surface area (TPSA) is 66.4 Å². The highest BCUT2D eigenvalue weighted by Gasteiger charge is 2.17. The summed E-state index contributed by atoms with van der Waals surface area (Å²) in [7, 11) is -3.51. The van der Waals surface area contributed by atoms with Crippen molar-refractivity contribution >= 4 is 10.0 Å². The molecular weight excluding hydrogens is 238 g/mol. The summed E-state index contributed by atoms with van der Waals surface area (Å²) in [6.45, 7) is 3.75. The third-order valence-electron chi connectivity index (χ3n) is 2.51. The van der Waals surface area contributed by atoms with E-state index in [1.165, 1.54) is 0 Å². The molecule has 0 radical (unpaired) electrons. The van der Waals surface area contributed by atoms with Crippen molar-refractivity contribution in [1.29, 1.82) is 0 Å². The summed E-state index contributed by atoms with van der Waals surface area (Å²) in [6, 6.07) is 6.78. The average molecular weight is 257 g/mol. The lowest BCUT2D eigenvalue weighted by Crippen LogP contribution is -2.32. The van der Waals surface area contributed by atoms with Crippen molar-refractivity contribution in [3.05, 3.63) is 29.8 Å². The second-order valence-electron chi connectivity index (χ2n) is 4.06. The fourth-order valence-corrected chi connectivity index (χ4v) is 2.89. The Hall–Kier alpha value is -0.910. The maximum atomic E-state index is 11.9. The number of hydrogen-bond acceptors (Lipinski definition) is 3. The van der Waals surface area contributed by atoms with Crippen molar-refractivity contribution in [2.24, 2.45) is 0 Å². The Bertz CT molecular complexity index is 457. The van der Waals surface area contributed by atoms with Crippen LogP contribution in [0.5, 0.6) is 0 Å². The van der Waals surface area contributed by atoms with Crippen LogP contribution in [0.15, 0.2) is 29.2 Å². The Labute approximate surface area is 103 Å². The minimum Gasteiger partial charge on any atom is -0.392 e. The van der Waals surface area contributed by atoms with Gasteiger partial charge >= 0.3 is 0 Å². The summed E-state index contributed by atoms with van der Waals surface area (Å²) in [6.07, 6.45) is 0.794. The normalized spacial score (nSPS) is 13.6. The summed E-state index contributed by atoms with van der Waals surface area (Å²) in [5, 5.41) is 9.50. The first kappa shape index (κ1) is 14.2. The molecule has 1 rings (SSSR count). The van der Waals surface area contributed by atoms with Gasteiger partial charge in [-0.15, -0.1) is 0 Å². The third-order valence-corrected chi connectivity index (χ3v) is 4.10. The molecule has 17 heavy (non-hydrogen) atoms. The summed E-state index contributed by atoms with van der Waals surface area (Å²) >= 11 is 0. The Balaban J connectivity index is 2.73. The van der Waals surface area contributed by atoms with E-state index in [0.717, 1.165) is 6.42 Å². The summed E-state index contributed by atoms with van der Waals surface area (Å²) < 4.78 is 26.3. The molecule has 2 N–H and O–H groups in total. The average Bonchev–Trinajstić information content (AvgIpc) is 2.27. The lowest BCUT2D eigenvalue weighted by atomic mass is 10.2. The molecule has 0 spiro atoms. The Morgan fingerprint density at radius 1 is 1.35 bits per heavy atom. The fraction of sp³-hybridized carbons (Fsp3) is 0.500. The van der Waals surface area contributed by atoms with Gasteiger partial charge < -0.3 is 5.11 Å². The van der Waals surface area contributed by atoms with Gasteiger partial charge in [-0.3, -0.25) is 0 Å². The maximum absolute atomic E-state index is 11.9. The van der Waals surface area contributed by atoms with Crippen molar-refractivity contribution in [2.75, 3.05) is 6.54 Å². The second kappa shape index (κ2) is 6.14. The molecule has 5 heteroatoms. The largest absolute Gasteiger partial charge is 0.392 e. The molecule has 1 aromatic carbocycles.